The van der Waals surface area contributed by atoms with E-state index >= 15 is 0 Å². The second-order valence-corrected chi connectivity index (χ2v) is 4.22. The fraction of sp³-hybridized carbons (Fsp3) is 0.400. The van der Waals surface area contributed by atoms with E-state index in [0.29, 0.717) is 5.75 Å². The van der Waals surface area contributed by atoms with Crippen molar-refractivity contribution < 1.29 is 9.13 Å². The number of hydrogen-bond donors (Lipinski definition) is 1. The van der Waals surface area contributed by atoms with Crippen molar-refractivity contribution in [1.29, 1.82) is 0 Å². The van der Waals surface area contributed by atoms with E-state index in [1.54, 1.807) is 12.1 Å². The fourth-order valence-electron chi connectivity index (χ4n) is 1.48. The Morgan fingerprint density at radius 1 is 1.47 bits per heavy atom. The molecular weight excluding hydrogens is 284 g/mol. The Morgan fingerprint density at radius 2 is 2.27 bits per heavy atom. The molecule has 1 fully saturated rings. The van der Waals surface area contributed by atoms with Gasteiger partial charge in [-0.3, -0.25) is 0 Å². The maximum absolute atomic E-state index is 13.3. The summed E-state index contributed by atoms with van der Waals surface area (Å²) < 4.78 is 19.6. The quantitative estimate of drug-likeness (QED) is 0.906. The van der Waals surface area contributed by atoms with Crippen molar-refractivity contribution in [2.45, 2.75) is 12.5 Å². The van der Waals surface area contributed by atoms with Crippen LogP contribution in [-0.4, -0.2) is 19.2 Å². The molecule has 1 aromatic rings. The minimum Gasteiger partial charge on any atom is -0.486 e. The van der Waals surface area contributed by atoms with E-state index in [0.717, 1.165) is 24.0 Å². The summed E-state index contributed by atoms with van der Waals surface area (Å²) in [4.78, 5) is 0. The summed E-state index contributed by atoms with van der Waals surface area (Å²) in [6.45, 7) is 1.75. The van der Waals surface area contributed by atoms with Crippen LogP contribution in [0.1, 0.15) is 6.42 Å². The highest BCUT2D eigenvalue weighted by Crippen LogP contribution is 2.23. The highest BCUT2D eigenvalue weighted by Gasteiger charge is 2.17. The van der Waals surface area contributed by atoms with Crippen molar-refractivity contribution in [3.05, 3.63) is 28.5 Å². The molecule has 1 heterocycles. The molecule has 0 bridgehead atoms. The minimum atomic E-state index is -0.314. The molecule has 2 rings (SSSR count). The van der Waals surface area contributed by atoms with Crippen molar-refractivity contribution >= 4 is 28.3 Å². The first-order valence-corrected chi connectivity index (χ1v) is 5.37. The van der Waals surface area contributed by atoms with Gasteiger partial charge in [-0.05, 0) is 31.2 Å². The third-order valence-corrected chi connectivity index (χ3v) is 2.70. The van der Waals surface area contributed by atoms with E-state index < -0.39 is 0 Å². The highest BCUT2D eigenvalue weighted by molar-refractivity contribution is 9.10. The largest absolute Gasteiger partial charge is 0.486 e. The number of hydrogen-bond acceptors (Lipinski definition) is 2. The Hall–Kier alpha value is -0.320. The molecule has 0 radical (unpaired) electrons. The number of rotatable bonds is 2. The summed E-state index contributed by atoms with van der Waals surface area (Å²) in [6.07, 6.45) is 1.04. The van der Waals surface area contributed by atoms with E-state index in [4.69, 9.17) is 4.74 Å². The molecule has 1 aliphatic rings. The van der Waals surface area contributed by atoms with Gasteiger partial charge in [0.1, 0.15) is 6.10 Å². The number of nitrogens with one attached hydrogen (secondary N) is 1. The number of benzene rings is 1. The Labute approximate surface area is 103 Å². The number of ether oxygens (including phenoxy) is 1. The molecule has 1 aliphatic heterocycles. The zero-order chi connectivity index (χ0) is 9.97. The number of halogens is 3. The maximum Gasteiger partial charge on any atom is 0.166 e. The summed E-state index contributed by atoms with van der Waals surface area (Å²) in [5, 5.41) is 3.17. The first-order chi connectivity index (χ1) is 6.75. The topological polar surface area (TPSA) is 21.3 Å². The first kappa shape index (κ1) is 12.7. The van der Waals surface area contributed by atoms with Crippen LogP contribution in [0.3, 0.4) is 0 Å². The summed E-state index contributed by atoms with van der Waals surface area (Å²) >= 11 is 3.20. The van der Waals surface area contributed by atoms with Crippen LogP contribution in [-0.2, 0) is 0 Å². The molecule has 1 unspecified atom stereocenters. The summed E-state index contributed by atoms with van der Waals surface area (Å²) in [7, 11) is 0. The zero-order valence-electron chi connectivity index (χ0n) is 8.00. The lowest BCUT2D eigenvalue weighted by Crippen LogP contribution is -2.20. The Bertz CT molecular complexity index is 331. The highest BCUT2D eigenvalue weighted by atomic mass is 79.9. The van der Waals surface area contributed by atoms with Gasteiger partial charge in [-0.2, -0.15) is 0 Å². The van der Waals surface area contributed by atoms with Crippen LogP contribution in [0.15, 0.2) is 22.7 Å². The van der Waals surface area contributed by atoms with Gasteiger partial charge in [-0.15, -0.1) is 12.4 Å². The maximum atomic E-state index is 13.3. The van der Waals surface area contributed by atoms with E-state index in [1.165, 1.54) is 6.07 Å². The molecule has 1 atom stereocenters. The summed E-state index contributed by atoms with van der Waals surface area (Å²) in [6, 6.07) is 4.84. The molecule has 0 aromatic heterocycles. The van der Waals surface area contributed by atoms with Gasteiger partial charge in [0, 0.05) is 11.0 Å². The third kappa shape index (κ3) is 3.33. The van der Waals surface area contributed by atoms with Gasteiger partial charge in [0.2, 0.25) is 0 Å². The van der Waals surface area contributed by atoms with Gasteiger partial charge in [0.05, 0.1) is 0 Å². The molecule has 5 heteroatoms. The lowest BCUT2D eigenvalue weighted by atomic mass is 10.3. The molecule has 0 spiro atoms. The van der Waals surface area contributed by atoms with Crippen molar-refractivity contribution in [2.24, 2.45) is 0 Å². The van der Waals surface area contributed by atoms with Gasteiger partial charge >= 0.3 is 0 Å². The van der Waals surface area contributed by atoms with Gasteiger partial charge in [-0.25, -0.2) is 4.39 Å². The van der Waals surface area contributed by atoms with Gasteiger partial charge in [0.15, 0.2) is 11.6 Å². The standard InChI is InChI=1S/C10H11BrFNO.ClH/c11-7-1-2-10(9(12)5-7)14-8-3-4-13-6-8;/h1-2,5,8,13H,3-4,6H2;1H. The summed E-state index contributed by atoms with van der Waals surface area (Å²) in [5.41, 5.74) is 0. The fourth-order valence-corrected chi connectivity index (χ4v) is 1.81. The Kier molecular flexibility index (Phi) is 4.83. The van der Waals surface area contributed by atoms with Crippen molar-refractivity contribution in [2.75, 3.05) is 13.1 Å². The molecular formula is C10H12BrClFNO. The molecule has 84 valence electrons. The average molecular weight is 297 g/mol. The van der Waals surface area contributed by atoms with Crippen LogP contribution in [0.4, 0.5) is 4.39 Å². The molecule has 1 saturated heterocycles. The van der Waals surface area contributed by atoms with E-state index in [9.17, 15) is 4.39 Å². The lowest BCUT2D eigenvalue weighted by molar-refractivity contribution is 0.213. The second kappa shape index (κ2) is 5.68. The van der Waals surface area contributed by atoms with Crippen LogP contribution < -0.4 is 10.1 Å². The second-order valence-electron chi connectivity index (χ2n) is 3.31. The van der Waals surface area contributed by atoms with Crippen molar-refractivity contribution in [3.63, 3.8) is 0 Å². The van der Waals surface area contributed by atoms with E-state index in [2.05, 4.69) is 21.2 Å². The lowest BCUT2D eigenvalue weighted by Gasteiger charge is -2.12. The van der Waals surface area contributed by atoms with Gasteiger partial charge < -0.3 is 10.1 Å². The average Bonchev–Trinajstić information content (AvgIpc) is 2.62. The molecule has 15 heavy (non-hydrogen) atoms. The normalized spacial score (nSPS) is 19.7. The van der Waals surface area contributed by atoms with Crippen molar-refractivity contribution in [1.82, 2.24) is 5.32 Å². The van der Waals surface area contributed by atoms with Crippen LogP contribution in [0.2, 0.25) is 0 Å². The summed E-state index contributed by atoms with van der Waals surface area (Å²) in [5.74, 6) is 0.0215. The smallest absolute Gasteiger partial charge is 0.166 e. The molecule has 2 nitrogen and oxygen atoms in total. The van der Waals surface area contributed by atoms with Crippen LogP contribution >= 0.6 is 28.3 Å². The minimum absolute atomic E-state index is 0. The zero-order valence-corrected chi connectivity index (χ0v) is 10.4. The van der Waals surface area contributed by atoms with Crippen LogP contribution in [0.5, 0.6) is 5.75 Å². The molecule has 0 amide bonds. The van der Waals surface area contributed by atoms with Gasteiger partial charge in [-0.1, -0.05) is 15.9 Å². The molecule has 1 N–H and O–H groups in total. The predicted molar refractivity (Wildman–Crippen MR) is 63.3 cm³/mol. The van der Waals surface area contributed by atoms with Crippen molar-refractivity contribution in [3.8, 4) is 5.75 Å². The molecule has 0 saturated carbocycles. The van der Waals surface area contributed by atoms with Gasteiger partial charge in [0.25, 0.3) is 0 Å². The SMILES string of the molecule is Cl.Fc1cc(Br)ccc1OC1CCNC1. The van der Waals surface area contributed by atoms with Crippen LogP contribution in [0.25, 0.3) is 0 Å². The first-order valence-electron chi connectivity index (χ1n) is 4.58. The third-order valence-electron chi connectivity index (χ3n) is 2.20. The van der Waals surface area contributed by atoms with E-state index in [1.807, 2.05) is 0 Å². The van der Waals surface area contributed by atoms with Crippen LogP contribution in [0, 0.1) is 5.82 Å². The monoisotopic (exact) mass is 295 g/mol. The Balaban J connectivity index is 0.00000112. The Morgan fingerprint density at radius 3 is 2.87 bits per heavy atom. The molecule has 1 aromatic carbocycles. The predicted octanol–water partition coefficient (Wildman–Crippen LogP) is 2.75. The van der Waals surface area contributed by atoms with E-state index in [-0.39, 0.29) is 24.3 Å². The molecule has 0 aliphatic carbocycles.